The van der Waals surface area contributed by atoms with E-state index in [2.05, 4.69) is 30.2 Å². The maximum absolute atomic E-state index is 12.0. The molecule has 20 heavy (non-hydrogen) atoms. The summed E-state index contributed by atoms with van der Waals surface area (Å²) >= 11 is 0. The quantitative estimate of drug-likeness (QED) is 0.869. The van der Waals surface area contributed by atoms with Crippen LogP contribution in [0.4, 0.5) is 0 Å². The van der Waals surface area contributed by atoms with Crippen molar-refractivity contribution in [2.24, 2.45) is 0 Å². The van der Waals surface area contributed by atoms with Crippen LogP contribution in [0, 0.1) is 20.8 Å². The number of rotatable bonds is 6. The summed E-state index contributed by atoms with van der Waals surface area (Å²) in [5.74, 6) is 0.150. The summed E-state index contributed by atoms with van der Waals surface area (Å²) in [5, 5.41) is 3.32. The van der Waals surface area contributed by atoms with Crippen LogP contribution in [0.25, 0.3) is 0 Å². The molecule has 1 heterocycles. The normalized spacial score (nSPS) is 12.3. The molecular formula is C16H27N3O. The predicted octanol–water partition coefficient (Wildman–Crippen LogP) is 2.53. The number of hydrogen-bond acceptors (Lipinski definition) is 3. The van der Waals surface area contributed by atoms with Crippen molar-refractivity contribution < 1.29 is 4.79 Å². The molecular weight excluding hydrogens is 250 g/mol. The van der Waals surface area contributed by atoms with Crippen molar-refractivity contribution >= 4 is 5.91 Å². The van der Waals surface area contributed by atoms with Crippen molar-refractivity contribution in [3.8, 4) is 0 Å². The minimum atomic E-state index is 0.127. The highest BCUT2D eigenvalue weighted by molar-refractivity contribution is 5.78. The molecule has 4 heteroatoms. The van der Waals surface area contributed by atoms with E-state index in [0.717, 1.165) is 24.5 Å². The summed E-state index contributed by atoms with van der Waals surface area (Å²) in [5.41, 5.74) is 4.50. The Labute approximate surface area is 122 Å². The van der Waals surface area contributed by atoms with Crippen molar-refractivity contribution in [1.29, 1.82) is 0 Å². The number of pyridine rings is 1. The van der Waals surface area contributed by atoms with Crippen LogP contribution in [-0.2, 0) is 4.79 Å². The third-order valence-electron chi connectivity index (χ3n) is 3.69. The van der Waals surface area contributed by atoms with Crippen LogP contribution in [0.5, 0.6) is 0 Å². The molecule has 1 rings (SSSR count). The van der Waals surface area contributed by atoms with Gasteiger partial charge in [0.2, 0.25) is 5.91 Å². The van der Waals surface area contributed by atoms with Gasteiger partial charge >= 0.3 is 0 Å². The van der Waals surface area contributed by atoms with E-state index in [1.165, 1.54) is 11.1 Å². The largest absolute Gasteiger partial charge is 0.342 e. The molecule has 1 atom stereocenters. The van der Waals surface area contributed by atoms with Gasteiger partial charge in [-0.05, 0) is 58.7 Å². The van der Waals surface area contributed by atoms with Gasteiger partial charge in [0.05, 0.1) is 6.54 Å². The molecule has 1 aromatic rings. The van der Waals surface area contributed by atoms with Gasteiger partial charge in [0.15, 0.2) is 0 Å². The Morgan fingerprint density at radius 1 is 1.30 bits per heavy atom. The van der Waals surface area contributed by atoms with Crippen LogP contribution in [-0.4, -0.2) is 35.4 Å². The summed E-state index contributed by atoms with van der Waals surface area (Å²) in [4.78, 5) is 18.4. The Morgan fingerprint density at radius 3 is 2.40 bits per heavy atom. The minimum absolute atomic E-state index is 0.127. The summed E-state index contributed by atoms with van der Waals surface area (Å²) in [6, 6.07) is 2.22. The van der Waals surface area contributed by atoms with Crippen LogP contribution in [0.15, 0.2) is 6.07 Å². The second-order valence-electron chi connectivity index (χ2n) is 5.25. The Morgan fingerprint density at radius 2 is 1.90 bits per heavy atom. The maximum Gasteiger partial charge on any atom is 0.236 e. The lowest BCUT2D eigenvalue weighted by molar-refractivity contribution is -0.129. The van der Waals surface area contributed by atoms with Crippen LogP contribution < -0.4 is 5.32 Å². The second-order valence-corrected chi connectivity index (χ2v) is 5.25. The Balaban J connectivity index is 2.73. The van der Waals surface area contributed by atoms with E-state index in [-0.39, 0.29) is 11.9 Å². The van der Waals surface area contributed by atoms with E-state index in [4.69, 9.17) is 0 Å². The van der Waals surface area contributed by atoms with E-state index in [1.807, 2.05) is 32.6 Å². The highest BCUT2D eigenvalue weighted by Crippen LogP contribution is 2.20. The van der Waals surface area contributed by atoms with Crippen molar-refractivity contribution in [3.63, 3.8) is 0 Å². The first kappa shape index (κ1) is 16.6. The molecule has 1 N–H and O–H groups in total. The lowest BCUT2D eigenvalue weighted by Gasteiger charge is -2.22. The van der Waals surface area contributed by atoms with Crippen molar-refractivity contribution in [3.05, 3.63) is 28.6 Å². The topological polar surface area (TPSA) is 45.2 Å². The molecule has 0 saturated carbocycles. The Bertz CT molecular complexity index is 444. The summed E-state index contributed by atoms with van der Waals surface area (Å²) in [6.45, 7) is 14.1. The van der Waals surface area contributed by atoms with Crippen LogP contribution in [0.2, 0.25) is 0 Å². The first-order valence-electron chi connectivity index (χ1n) is 7.36. The zero-order valence-electron chi connectivity index (χ0n) is 13.6. The third-order valence-corrected chi connectivity index (χ3v) is 3.69. The van der Waals surface area contributed by atoms with Gasteiger partial charge in [-0.15, -0.1) is 0 Å². The fraction of sp³-hybridized carbons (Fsp3) is 0.625. The van der Waals surface area contributed by atoms with Crippen LogP contribution >= 0.6 is 0 Å². The number of aromatic nitrogens is 1. The molecule has 1 aromatic heterocycles. The van der Waals surface area contributed by atoms with Crippen molar-refractivity contribution in [2.45, 2.75) is 47.6 Å². The van der Waals surface area contributed by atoms with Gasteiger partial charge in [0, 0.05) is 30.5 Å². The summed E-state index contributed by atoms with van der Waals surface area (Å²) in [6.07, 6.45) is 0. The predicted molar refractivity (Wildman–Crippen MR) is 82.8 cm³/mol. The summed E-state index contributed by atoms with van der Waals surface area (Å²) < 4.78 is 0. The minimum Gasteiger partial charge on any atom is -0.342 e. The van der Waals surface area contributed by atoms with Gasteiger partial charge < -0.3 is 10.2 Å². The molecule has 0 aliphatic carbocycles. The molecule has 1 unspecified atom stereocenters. The highest BCUT2D eigenvalue weighted by Gasteiger charge is 2.15. The maximum atomic E-state index is 12.0. The number of likely N-dealkylation sites (N-methyl/N-ethyl adjacent to an activating group) is 1. The summed E-state index contributed by atoms with van der Waals surface area (Å²) in [7, 11) is 0. The van der Waals surface area contributed by atoms with Crippen molar-refractivity contribution in [1.82, 2.24) is 15.2 Å². The number of amides is 1. The number of carbonyl (C=O) groups excluding carboxylic acids is 1. The number of carbonyl (C=O) groups is 1. The standard InChI is InChI=1S/C16H27N3O/c1-7-19(8-2)15(20)10-17-13(5)16-11(3)9-12(4)18-14(16)6/h9,13,17H,7-8,10H2,1-6H3. The van der Waals surface area contributed by atoms with Gasteiger partial charge in [-0.25, -0.2) is 0 Å². The zero-order chi connectivity index (χ0) is 15.3. The van der Waals surface area contributed by atoms with E-state index in [0.29, 0.717) is 6.54 Å². The highest BCUT2D eigenvalue weighted by atomic mass is 16.2. The number of nitrogens with one attached hydrogen (secondary N) is 1. The molecule has 0 spiro atoms. The smallest absolute Gasteiger partial charge is 0.236 e. The molecule has 112 valence electrons. The SMILES string of the molecule is CCN(CC)C(=O)CNC(C)c1c(C)cc(C)nc1C. The average Bonchev–Trinajstić information content (AvgIpc) is 2.36. The van der Waals surface area contributed by atoms with Crippen LogP contribution in [0.3, 0.4) is 0 Å². The molecule has 1 amide bonds. The number of aryl methyl sites for hydroxylation is 3. The number of hydrogen-bond donors (Lipinski definition) is 1. The molecule has 0 aliphatic rings. The van der Waals surface area contributed by atoms with Gasteiger partial charge in [0.1, 0.15) is 0 Å². The van der Waals surface area contributed by atoms with E-state index >= 15 is 0 Å². The van der Waals surface area contributed by atoms with E-state index < -0.39 is 0 Å². The molecule has 0 aliphatic heterocycles. The zero-order valence-corrected chi connectivity index (χ0v) is 13.6. The molecule has 0 radical (unpaired) electrons. The molecule has 0 aromatic carbocycles. The first-order chi connectivity index (χ1) is 9.40. The fourth-order valence-electron chi connectivity index (χ4n) is 2.72. The first-order valence-corrected chi connectivity index (χ1v) is 7.36. The average molecular weight is 277 g/mol. The molecule has 0 fully saturated rings. The molecule has 4 nitrogen and oxygen atoms in total. The van der Waals surface area contributed by atoms with E-state index in [9.17, 15) is 4.79 Å². The Kier molecular flexibility index (Phi) is 6.14. The van der Waals surface area contributed by atoms with Crippen molar-refractivity contribution in [2.75, 3.05) is 19.6 Å². The van der Waals surface area contributed by atoms with Gasteiger partial charge in [0.25, 0.3) is 0 Å². The molecule has 0 saturated heterocycles. The lowest BCUT2D eigenvalue weighted by Crippen LogP contribution is -2.38. The van der Waals surface area contributed by atoms with Gasteiger partial charge in [-0.2, -0.15) is 0 Å². The van der Waals surface area contributed by atoms with Gasteiger partial charge in [-0.1, -0.05) is 0 Å². The van der Waals surface area contributed by atoms with Gasteiger partial charge in [-0.3, -0.25) is 9.78 Å². The third kappa shape index (κ3) is 4.04. The van der Waals surface area contributed by atoms with E-state index in [1.54, 1.807) is 0 Å². The molecule has 0 bridgehead atoms. The van der Waals surface area contributed by atoms with Crippen LogP contribution in [0.1, 0.15) is 49.3 Å². The Hall–Kier alpha value is -1.42. The lowest BCUT2D eigenvalue weighted by atomic mass is 10.0. The fourth-order valence-corrected chi connectivity index (χ4v) is 2.72. The second kappa shape index (κ2) is 7.39. The monoisotopic (exact) mass is 277 g/mol. The number of nitrogens with zero attached hydrogens (tertiary/aromatic N) is 2.